The standard InChI is InChI=1S/C8H11NO3/c1-5-6(8(11)12-2)3-4-7(10)9-5/h3-4H2,1-2H3,(H,9,10). The van der Waals surface area contributed by atoms with Crippen molar-refractivity contribution >= 4 is 11.9 Å². The minimum Gasteiger partial charge on any atom is -0.466 e. The lowest BCUT2D eigenvalue weighted by Gasteiger charge is -2.16. The highest BCUT2D eigenvalue weighted by molar-refractivity contribution is 5.93. The number of carbonyl (C=O) groups excluding carboxylic acids is 2. The Hall–Kier alpha value is -1.32. The monoisotopic (exact) mass is 169 g/mol. The van der Waals surface area contributed by atoms with Crippen molar-refractivity contribution in [2.75, 3.05) is 7.11 Å². The van der Waals surface area contributed by atoms with Gasteiger partial charge in [-0.3, -0.25) is 4.79 Å². The maximum atomic E-state index is 11.1. The Kier molecular flexibility index (Phi) is 2.47. The summed E-state index contributed by atoms with van der Waals surface area (Å²) in [7, 11) is 1.33. The average Bonchev–Trinajstić information content (AvgIpc) is 2.03. The number of nitrogens with one attached hydrogen (secondary N) is 1. The number of esters is 1. The van der Waals surface area contributed by atoms with Crippen LogP contribution in [0.4, 0.5) is 0 Å². The Morgan fingerprint density at radius 1 is 1.50 bits per heavy atom. The number of amides is 1. The molecule has 12 heavy (non-hydrogen) atoms. The predicted octanol–water partition coefficient (Wildman–Crippen LogP) is 0.343. The normalized spacial score (nSPS) is 17.3. The van der Waals surface area contributed by atoms with Gasteiger partial charge in [0.1, 0.15) is 0 Å². The summed E-state index contributed by atoms with van der Waals surface area (Å²) < 4.78 is 4.55. The number of rotatable bonds is 1. The van der Waals surface area contributed by atoms with Crippen molar-refractivity contribution < 1.29 is 14.3 Å². The van der Waals surface area contributed by atoms with E-state index >= 15 is 0 Å². The van der Waals surface area contributed by atoms with Gasteiger partial charge in [0.25, 0.3) is 0 Å². The van der Waals surface area contributed by atoms with E-state index in [0.717, 1.165) is 0 Å². The highest BCUT2D eigenvalue weighted by atomic mass is 16.5. The fraction of sp³-hybridized carbons (Fsp3) is 0.500. The van der Waals surface area contributed by atoms with Gasteiger partial charge in [0, 0.05) is 12.1 Å². The molecule has 0 atom stereocenters. The van der Waals surface area contributed by atoms with Gasteiger partial charge >= 0.3 is 5.97 Å². The van der Waals surface area contributed by atoms with Gasteiger partial charge in [-0.15, -0.1) is 0 Å². The second-order valence-corrected chi connectivity index (χ2v) is 2.64. The first-order valence-corrected chi connectivity index (χ1v) is 3.73. The molecule has 1 aliphatic rings. The lowest BCUT2D eigenvalue weighted by atomic mass is 10.0. The zero-order valence-electron chi connectivity index (χ0n) is 7.14. The number of carbonyl (C=O) groups is 2. The van der Waals surface area contributed by atoms with Crippen molar-refractivity contribution in [1.29, 1.82) is 0 Å². The lowest BCUT2D eigenvalue weighted by molar-refractivity contribution is -0.136. The molecule has 1 amide bonds. The van der Waals surface area contributed by atoms with Crippen LogP contribution in [0.25, 0.3) is 0 Å². The van der Waals surface area contributed by atoms with Gasteiger partial charge in [0.2, 0.25) is 5.91 Å². The summed E-state index contributed by atoms with van der Waals surface area (Å²) in [4.78, 5) is 21.9. The molecule has 0 aromatic carbocycles. The molecule has 0 unspecified atom stereocenters. The van der Waals surface area contributed by atoms with Crippen molar-refractivity contribution in [2.45, 2.75) is 19.8 Å². The minimum atomic E-state index is -0.354. The fourth-order valence-electron chi connectivity index (χ4n) is 1.15. The predicted molar refractivity (Wildman–Crippen MR) is 42.1 cm³/mol. The van der Waals surface area contributed by atoms with Crippen LogP contribution < -0.4 is 5.32 Å². The number of ether oxygens (including phenoxy) is 1. The van der Waals surface area contributed by atoms with Gasteiger partial charge < -0.3 is 10.1 Å². The molecule has 1 aliphatic heterocycles. The number of hydrogen-bond donors (Lipinski definition) is 1. The first kappa shape index (κ1) is 8.77. The van der Waals surface area contributed by atoms with Crippen LogP contribution in [-0.4, -0.2) is 19.0 Å². The van der Waals surface area contributed by atoms with Crippen molar-refractivity contribution in [3.63, 3.8) is 0 Å². The summed E-state index contributed by atoms with van der Waals surface area (Å²) in [6, 6.07) is 0. The van der Waals surface area contributed by atoms with E-state index in [4.69, 9.17) is 0 Å². The van der Waals surface area contributed by atoms with Crippen LogP contribution in [0, 0.1) is 0 Å². The molecule has 1 N–H and O–H groups in total. The molecular weight excluding hydrogens is 158 g/mol. The van der Waals surface area contributed by atoms with Gasteiger partial charge in [-0.2, -0.15) is 0 Å². The lowest BCUT2D eigenvalue weighted by Crippen LogP contribution is -2.29. The van der Waals surface area contributed by atoms with E-state index in [1.54, 1.807) is 6.92 Å². The first-order chi connectivity index (χ1) is 5.65. The molecule has 1 rings (SSSR count). The molecule has 0 saturated heterocycles. The number of allylic oxidation sites excluding steroid dienone is 1. The zero-order chi connectivity index (χ0) is 9.14. The summed E-state index contributed by atoms with van der Waals surface area (Å²) in [5, 5.41) is 2.58. The number of hydrogen-bond acceptors (Lipinski definition) is 3. The topological polar surface area (TPSA) is 55.4 Å². The molecule has 66 valence electrons. The Morgan fingerprint density at radius 3 is 2.67 bits per heavy atom. The van der Waals surface area contributed by atoms with E-state index in [0.29, 0.717) is 24.1 Å². The first-order valence-electron chi connectivity index (χ1n) is 3.73. The van der Waals surface area contributed by atoms with E-state index in [2.05, 4.69) is 10.1 Å². The summed E-state index contributed by atoms with van der Waals surface area (Å²) >= 11 is 0. The Morgan fingerprint density at radius 2 is 2.17 bits per heavy atom. The molecule has 1 heterocycles. The van der Waals surface area contributed by atoms with Crippen LogP contribution in [-0.2, 0) is 14.3 Å². The second kappa shape index (κ2) is 3.38. The van der Waals surface area contributed by atoms with Gasteiger partial charge in [-0.1, -0.05) is 0 Å². The van der Waals surface area contributed by atoms with Crippen molar-refractivity contribution in [1.82, 2.24) is 5.32 Å². The highest BCUT2D eigenvalue weighted by Crippen LogP contribution is 2.15. The molecule has 0 aliphatic carbocycles. The Balaban J connectivity index is 2.82. The molecule has 0 bridgehead atoms. The largest absolute Gasteiger partial charge is 0.466 e. The number of methoxy groups -OCH3 is 1. The van der Waals surface area contributed by atoms with Gasteiger partial charge in [0.15, 0.2) is 0 Å². The molecule has 4 nitrogen and oxygen atoms in total. The molecule has 0 aromatic rings. The van der Waals surface area contributed by atoms with E-state index < -0.39 is 0 Å². The average molecular weight is 169 g/mol. The van der Waals surface area contributed by atoms with Gasteiger partial charge in [-0.25, -0.2) is 4.79 Å². The quantitative estimate of drug-likeness (QED) is 0.576. The maximum absolute atomic E-state index is 11.1. The molecule has 0 saturated carbocycles. The molecule has 4 heteroatoms. The Labute approximate surface area is 70.6 Å². The van der Waals surface area contributed by atoms with Gasteiger partial charge in [-0.05, 0) is 13.3 Å². The van der Waals surface area contributed by atoms with Crippen LogP contribution in [0.5, 0.6) is 0 Å². The molecule has 0 aromatic heterocycles. The minimum absolute atomic E-state index is 0.0415. The van der Waals surface area contributed by atoms with Crippen LogP contribution >= 0.6 is 0 Å². The SMILES string of the molecule is COC(=O)C1=C(C)NC(=O)CC1. The maximum Gasteiger partial charge on any atom is 0.335 e. The van der Waals surface area contributed by atoms with Crippen LogP contribution in [0.1, 0.15) is 19.8 Å². The third kappa shape index (κ3) is 1.64. The summed E-state index contributed by atoms with van der Waals surface area (Å²) in [6.45, 7) is 1.70. The molecule has 0 spiro atoms. The summed E-state index contributed by atoms with van der Waals surface area (Å²) in [6.07, 6.45) is 0.839. The summed E-state index contributed by atoms with van der Waals surface area (Å²) in [5.41, 5.74) is 1.18. The zero-order valence-corrected chi connectivity index (χ0v) is 7.14. The molecular formula is C8H11NO3. The third-order valence-electron chi connectivity index (χ3n) is 1.81. The van der Waals surface area contributed by atoms with Crippen molar-refractivity contribution in [2.24, 2.45) is 0 Å². The van der Waals surface area contributed by atoms with E-state index in [1.165, 1.54) is 7.11 Å². The molecule has 0 fully saturated rings. The second-order valence-electron chi connectivity index (χ2n) is 2.64. The van der Waals surface area contributed by atoms with E-state index in [-0.39, 0.29) is 11.9 Å². The van der Waals surface area contributed by atoms with Crippen LogP contribution in [0.2, 0.25) is 0 Å². The van der Waals surface area contributed by atoms with Crippen molar-refractivity contribution in [3.8, 4) is 0 Å². The third-order valence-corrected chi connectivity index (χ3v) is 1.81. The highest BCUT2D eigenvalue weighted by Gasteiger charge is 2.20. The van der Waals surface area contributed by atoms with Gasteiger partial charge in [0.05, 0.1) is 12.7 Å². The van der Waals surface area contributed by atoms with Crippen LogP contribution in [0.3, 0.4) is 0 Å². The van der Waals surface area contributed by atoms with E-state index in [1.807, 2.05) is 0 Å². The smallest absolute Gasteiger partial charge is 0.335 e. The van der Waals surface area contributed by atoms with E-state index in [9.17, 15) is 9.59 Å². The molecule has 0 radical (unpaired) electrons. The van der Waals surface area contributed by atoms with Crippen molar-refractivity contribution in [3.05, 3.63) is 11.3 Å². The fourth-order valence-corrected chi connectivity index (χ4v) is 1.15. The Bertz CT molecular complexity index is 255. The van der Waals surface area contributed by atoms with Crippen LogP contribution in [0.15, 0.2) is 11.3 Å². The summed E-state index contributed by atoms with van der Waals surface area (Å²) in [5.74, 6) is -0.396.